The average molecular weight is 499 g/mol. The van der Waals surface area contributed by atoms with E-state index in [1.54, 1.807) is 24.5 Å². The van der Waals surface area contributed by atoms with Gasteiger partial charge < -0.3 is 19.5 Å². The van der Waals surface area contributed by atoms with Crippen LogP contribution in [0, 0.1) is 0 Å². The first-order chi connectivity index (χ1) is 18.0. The third-order valence-corrected chi connectivity index (χ3v) is 6.77. The Bertz CT molecular complexity index is 1330. The molecule has 2 atom stereocenters. The van der Waals surface area contributed by atoms with Gasteiger partial charge in [0.25, 0.3) is 11.7 Å². The van der Waals surface area contributed by atoms with Gasteiger partial charge in [0, 0.05) is 30.9 Å². The fourth-order valence-electron chi connectivity index (χ4n) is 4.88. The van der Waals surface area contributed by atoms with E-state index in [4.69, 9.17) is 9.47 Å². The highest BCUT2D eigenvalue weighted by Gasteiger charge is 2.46. The summed E-state index contributed by atoms with van der Waals surface area (Å²) in [6.45, 7) is 4.92. The first-order valence-corrected chi connectivity index (χ1v) is 12.7. The van der Waals surface area contributed by atoms with Gasteiger partial charge in [0.1, 0.15) is 23.4 Å². The van der Waals surface area contributed by atoms with Crippen molar-refractivity contribution >= 4 is 17.4 Å². The second-order valence-electron chi connectivity index (χ2n) is 9.51. The molecule has 5 rings (SSSR count). The number of amides is 1. The van der Waals surface area contributed by atoms with Crippen LogP contribution >= 0.6 is 0 Å². The predicted octanol–water partition coefficient (Wildman–Crippen LogP) is 5.21. The number of rotatable bonds is 8. The Balaban J connectivity index is 1.56. The molecule has 1 aromatic heterocycles. The van der Waals surface area contributed by atoms with E-state index in [9.17, 15) is 14.7 Å². The van der Waals surface area contributed by atoms with Gasteiger partial charge in [-0.2, -0.15) is 0 Å². The number of benzene rings is 2. The fourth-order valence-corrected chi connectivity index (χ4v) is 4.88. The van der Waals surface area contributed by atoms with Crippen LogP contribution < -0.4 is 9.47 Å². The van der Waals surface area contributed by atoms with Gasteiger partial charge in [-0.25, -0.2) is 0 Å². The number of pyridine rings is 1. The molecule has 1 amide bonds. The highest BCUT2D eigenvalue weighted by molar-refractivity contribution is 6.46. The molecule has 2 aliphatic heterocycles. The molecule has 7 nitrogen and oxygen atoms in total. The van der Waals surface area contributed by atoms with Crippen molar-refractivity contribution in [3.05, 3.63) is 94.8 Å². The van der Waals surface area contributed by atoms with Crippen LogP contribution in [0.25, 0.3) is 5.76 Å². The lowest BCUT2D eigenvalue weighted by Crippen LogP contribution is -2.29. The highest BCUT2D eigenvalue weighted by Crippen LogP contribution is 2.41. The number of ketones is 1. The van der Waals surface area contributed by atoms with Crippen LogP contribution in [-0.2, 0) is 22.6 Å². The molecule has 0 bridgehead atoms. The molecule has 0 saturated carbocycles. The fraction of sp³-hybridized carbons (Fsp3) is 0.300. The van der Waals surface area contributed by atoms with Gasteiger partial charge in [-0.3, -0.25) is 14.6 Å². The molecule has 0 spiro atoms. The normalized spacial score (nSPS) is 20.1. The number of fused-ring (bicyclic) bond motifs is 1. The molecule has 1 fully saturated rings. The minimum atomic E-state index is -0.749. The Morgan fingerprint density at radius 1 is 1.11 bits per heavy atom. The number of Topliss-reactive ketones (excluding diaryl/α,β-unsaturated/α-hetero) is 1. The van der Waals surface area contributed by atoms with Gasteiger partial charge >= 0.3 is 0 Å². The van der Waals surface area contributed by atoms with Crippen molar-refractivity contribution in [2.45, 2.75) is 51.8 Å². The summed E-state index contributed by atoms with van der Waals surface area (Å²) in [5.74, 6) is -0.0469. The molecule has 1 N–H and O–H groups in total. The molecule has 190 valence electrons. The number of aliphatic hydroxyl groups excluding tert-OH is 1. The first kappa shape index (κ1) is 24.6. The number of nitrogens with zero attached hydrogens (tertiary/aromatic N) is 2. The molecule has 0 aliphatic carbocycles. The number of aromatic nitrogens is 1. The summed E-state index contributed by atoms with van der Waals surface area (Å²) in [6, 6.07) is 15.6. The molecule has 3 aromatic rings. The van der Waals surface area contributed by atoms with Crippen molar-refractivity contribution in [2.24, 2.45) is 0 Å². The third kappa shape index (κ3) is 4.94. The quantitative estimate of drug-likeness (QED) is 0.199. The van der Waals surface area contributed by atoms with Gasteiger partial charge in [-0.1, -0.05) is 25.5 Å². The monoisotopic (exact) mass is 498 g/mol. The zero-order chi connectivity index (χ0) is 25.9. The number of carbonyl (C=O) groups is 2. The number of likely N-dealkylation sites (tertiary alicyclic amines) is 1. The van der Waals surface area contributed by atoms with Crippen LogP contribution in [0.1, 0.15) is 55.0 Å². The summed E-state index contributed by atoms with van der Waals surface area (Å²) in [5, 5.41) is 11.4. The molecule has 0 radical (unpaired) electrons. The van der Waals surface area contributed by atoms with E-state index in [1.165, 1.54) is 4.90 Å². The maximum Gasteiger partial charge on any atom is 0.295 e. The summed E-state index contributed by atoms with van der Waals surface area (Å²) >= 11 is 0. The Morgan fingerprint density at radius 2 is 1.86 bits per heavy atom. The lowest BCUT2D eigenvalue weighted by atomic mass is 9.94. The van der Waals surface area contributed by atoms with Crippen LogP contribution in [0.5, 0.6) is 11.5 Å². The molecule has 2 aliphatic rings. The molecule has 1 saturated heterocycles. The van der Waals surface area contributed by atoms with E-state index >= 15 is 0 Å². The zero-order valence-corrected chi connectivity index (χ0v) is 21.0. The Kier molecular flexibility index (Phi) is 6.95. The van der Waals surface area contributed by atoms with Gasteiger partial charge in [0.05, 0.1) is 18.2 Å². The van der Waals surface area contributed by atoms with Crippen LogP contribution in [0.4, 0.5) is 0 Å². The standard InChI is InChI=1S/C30H30N2O5/c1-3-4-15-36-24-8-5-21(6-9-24)27-26(28(33)22-7-10-25-23(17-22)16-19(2)37-25)29(34)30(35)32(27)18-20-11-13-31-14-12-20/h5-14,17,19,27,33H,3-4,15-16,18H2,1-2H3. The second-order valence-corrected chi connectivity index (χ2v) is 9.51. The molecule has 7 heteroatoms. The topological polar surface area (TPSA) is 89.0 Å². The van der Waals surface area contributed by atoms with E-state index in [-0.39, 0.29) is 24.0 Å². The van der Waals surface area contributed by atoms with Crippen LogP contribution in [-0.4, -0.2) is 39.4 Å². The van der Waals surface area contributed by atoms with Crippen LogP contribution in [0.2, 0.25) is 0 Å². The summed E-state index contributed by atoms with van der Waals surface area (Å²) < 4.78 is 11.6. The number of hydrogen-bond donors (Lipinski definition) is 1. The van der Waals surface area contributed by atoms with Crippen molar-refractivity contribution in [2.75, 3.05) is 6.61 Å². The van der Waals surface area contributed by atoms with E-state index in [0.717, 1.165) is 47.5 Å². The number of hydrogen-bond acceptors (Lipinski definition) is 6. The first-order valence-electron chi connectivity index (χ1n) is 12.7. The van der Waals surface area contributed by atoms with Crippen molar-refractivity contribution in [3.63, 3.8) is 0 Å². The molecule has 3 heterocycles. The maximum atomic E-state index is 13.4. The van der Waals surface area contributed by atoms with Crippen molar-refractivity contribution in [1.82, 2.24) is 9.88 Å². The van der Waals surface area contributed by atoms with E-state index in [1.807, 2.05) is 49.4 Å². The average Bonchev–Trinajstić information content (AvgIpc) is 3.40. The molecule has 2 aromatic carbocycles. The lowest BCUT2D eigenvalue weighted by Gasteiger charge is -2.25. The lowest BCUT2D eigenvalue weighted by molar-refractivity contribution is -0.140. The number of carbonyl (C=O) groups excluding carboxylic acids is 2. The Morgan fingerprint density at radius 3 is 2.59 bits per heavy atom. The minimum absolute atomic E-state index is 0.0522. The number of ether oxygens (including phenoxy) is 2. The largest absolute Gasteiger partial charge is 0.507 e. The molecule has 2 unspecified atom stereocenters. The molecular weight excluding hydrogens is 468 g/mol. The third-order valence-electron chi connectivity index (χ3n) is 6.77. The van der Waals surface area contributed by atoms with Crippen LogP contribution in [0.3, 0.4) is 0 Å². The van der Waals surface area contributed by atoms with Gasteiger partial charge in [0.2, 0.25) is 0 Å². The van der Waals surface area contributed by atoms with Crippen molar-refractivity contribution in [1.29, 1.82) is 0 Å². The van der Waals surface area contributed by atoms with Gasteiger partial charge in [0.15, 0.2) is 0 Å². The summed E-state index contributed by atoms with van der Waals surface area (Å²) in [7, 11) is 0. The van der Waals surface area contributed by atoms with E-state index in [2.05, 4.69) is 11.9 Å². The number of aliphatic hydroxyl groups is 1. The van der Waals surface area contributed by atoms with E-state index < -0.39 is 17.7 Å². The summed E-state index contributed by atoms with van der Waals surface area (Å²) in [6.07, 6.45) is 6.06. The predicted molar refractivity (Wildman–Crippen MR) is 139 cm³/mol. The SMILES string of the molecule is CCCCOc1ccc(C2C(=C(O)c3ccc4c(c3)CC(C)O4)C(=O)C(=O)N2Cc2ccncc2)cc1. The van der Waals surface area contributed by atoms with E-state index in [0.29, 0.717) is 12.2 Å². The Labute approximate surface area is 216 Å². The highest BCUT2D eigenvalue weighted by atomic mass is 16.5. The van der Waals surface area contributed by atoms with Crippen molar-refractivity contribution < 1.29 is 24.2 Å². The zero-order valence-electron chi connectivity index (χ0n) is 21.0. The molecule has 37 heavy (non-hydrogen) atoms. The summed E-state index contributed by atoms with van der Waals surface area (Å²) in [4.78, 5) is 32.2. The smallest absolute Gasteiger partial charge is 0.295 e. The van der Waals surface area contributed by atoms with Gasteiger partial charge in [-0.15, -0.1) is 0 Å². The Hall–Kier alpha value is -4.13. The summed E-state index contributed by atoms with van der Waals surface area (Å²) in [5.41, 5.74) is 3.09. The van der Waals surface area contributed by atoms with Crippen molar-refractivity contribution in [3.8, 4) is 11.5 Å². The molecular formula is C30H30N2O5. The van der Waals surface area contributed by atoms with Crippen LogP contribution in [0.15, 0.2) is 72.6 Å². The minimum Gasteiger partial charge on any atom is -0.507 e. The van der Waals surface area contributed by atoms with Gasteiger partial charge in [-0.05, 0) is 72.5 Å². The number of unbranched alkanes of at least 4 members (excludes halogenated alkanes) is 1. The second kappa shape index (κ2) is 10.5. The maximum absolute atomic E-state index is 13.4.